The van der Waals surface area contributed by atoms with Crippen molar-refractivity contribution in [2.75, 3.05) is 18.0 Å². The second-order valence-corrected chi connectivity index (χ2v) is 4.66. The summed E-state index contributed by atoms with van der Waals surface area (Å²) in [5, 5.41) is 0. The van der Waals surface area contributed by atoms with E-state index in [0.29, 0.717) is 5.41 Å². The maximum Gasteiger partial charge on any atom is 0.115 e. The predicted molar refractivity (Wildman–Crippen MR) is 55.1 cm³/mol. The molecule has 2 fully saturated rings. The maximum absolute atomic E-state index is 4.05. The minimum absolute atomic E-state index is 0.663. The first kappa shape index (κ1) is 8.21. The van der Waals surface area contributed by atoms with Crippen molar-refractivity contribution < 1.29 is 0 Å². The Bertz CT molecular complexity index is 309. The monoisotopic (exact) mass is 189 g/mol. The zero-order valence-electron chi connectivity index (χ0n) is 8.32. The van der Waals surface area contributed by atoms with Crippen molar-refractivity contribution in [3.05, 3.63) is 18.7 Å². The van der Waals surface area contributed by atoms with Crippen molar-refractivity contribution in [3.8, 4) is 0 Å². The summed E-state index contributed by atoms with van der Waals surface area (Å²) in [6.45, 7) is 2.45. The van der Waals surface area contributed by atoms with Gasteiger partial charge in [-0.3, -0.25) is 0 Å². The minimum Gasteiger partial charge on any atom is -0.368 e. The third-order valence-electron chi connectivity index (χ3n) is 3.63. The third kappa shape index (κ3) is 1.19. The molecule has 1 aromatic heterocycles. The third-order valence-corrected chi connectivity index (χ3v) is 3.63. The summed E-state index contributed by atoms with van der Waals surface area (Å²) in [4.78, 5) is 10.5. The van der Waals surface area contributed by atoms with Gasteiger partial charge in [0.25, 0.3) is 0 Å². The first-order chi connectivity index (χ1) is 6.88. The van der Waals surface area contributed by atoms with Crippen LogP contribution in [0, 0.1) is 5.41 Å². The number of rotatable bonds is 1. The average Bonchev–Trinajstić information content (AvgIpc) is 2.65. The van der Waals surface area contributed by atoms with Crippen LogP contribution in [-0.4, -0.2) is 23.1 Å². The molecule has 0 radical (unpaired) electrons. The molecule has 0 aromatic carbocycles. The Morgan fingerprint density at radius 1 is 1.07 bits per heavy atom. The van der Waals surface area contributed by atoms with E-state index in [1.165, 1.54) is 44.5 Å². The number of anilines is 1. The number of hydrogen-bond acceptors (Lipinski definition) is 3. The zero-order valence-corrected chi connectivity index (χ0v) is 8.32. The second kappa shape index (κ2) is 2.94. The van der Waals surface area contributed by atoms with Gasteiger partial charge in [0.15, 0.2) is 0 Å². The normalized spacial score (nSPS) is 23.9. The van der Waals surface area contributed by atoms with Gasteiger partial charge in [0.05, 0.1) is 18.1 Å². The van der Waals surface area contributed by atoms with E-state index in [1.807, 2.05) is 12.4 Å². The van der Waals surface area contributed by atoms with Crippen molar-refractivity contribution in [1.82, 2.24) is 9.97 Å². The Hall–Kier alpha value is -1.12. The van der Waals surface area contributed by atoms with Crippen LogP contribution in [0.5, 0.6) is 0 Å². The zero-order chi connectivity index (χ0) is 9.43. The van der Waals surface area contributed by atoms with Gasteiger partial charge in [-0.2, -0.15) is 0 Å². The van der Waals surface area contributed by atoms with E-state index in [0.717, 1.165) is 0 Å². The van der Waals surface area contributed by atoms with E-state index in [2.05, 4.69) is 14.9 Å². The van der Waals surface area contributed by atoms with Gasteiger partial charge in [-0.05, 0) is 12.8 Å². The van der Waals surface area contributed by atoms with Gasteiger partial charge in [0.1, 0.15) is 6.33 Å². The number of nitrogens with zero attached hydrogens (tertiary/aromatic N) is 3. The highest BCUT2D eigenvalue weighted by molar-refractivity contribution is 5.46. The molecule has 3 nitrogen and oxygen atoms in total. The summed E-state index contributed by atoms with van der Waals surface area (Å²) in [6.07, 6.45) is 11.1. The highest BCUT2D eigenvalue weighted by Gasteiger charge is 2.44. The summed E-state index contributed by atoms with van der Waals surface area (Å²) in [6, 6.07) is 0. The van der Waals surface area contributed by atoms with E-state index in [1.54, 1.807) is 6.33 Å². The van der Waals surface area contributed by atoms with Crippen molar-refractivity contribution in [1.29, 1.82) is 0 Å². The Kier molecular flexibility index (Phi) is 1.72. The molecule has 1 saturated carbocycles. The highest BCUT2D eigenvalue weighted by atomic mass is 15.2. The molecule has 14 heavy (non-hydrogen) atoms. The maximum atomic E-state index is 4.05. The first-order valence-electron chi connectivity index (χ1n) is 5.38. The van der Waals surface area contributed by atoms with Crippen LogP contribution in [0.15, 0.2) is 18.7 Å². The molecule has 0 N–H and O–H groups in total. The summed E-state index contributed by atoms with van der Waals surface area (Å²) in [5.41, 5.74) is 1.85. The van der Waals surface area contributed by atoms with Crippen LogP contribution >= 0.6 is 0 Å². The van der Waals surface area contributed by atoms with Crippen molar-refractivity contribution in [2.24, 2.45) is 5.41 Å². The molecule has 1 aliphatic heterocycles. The first-order valence-corrected chi connectivity index (χ1v) is 5.38. The van der Waals surface area contributed by atoms with Gasteiger partial charge in [-0.25, -0.2) is 9.97 Å². The lowest BCUT2D eigenvalue weighted by atomic mass is 9.78. The fourth-order valence-corrected chi connectivity index (χ4v) is 2.84. The SMILES string of the molecule is c1ncc(N2CC3(CCCC3)C2)cn1. The Labute approximate surface area is 84.2 Å². The molecular weight excluding hydrogens is 174 g/mol. The van der Waals surface area contributed by atoms with Crippen LogP contribution in [0.3, 0.4) is 0 Å². The average molecular weight is 189 g/mol. The summed E-state index contributed by atoms with van der Waals surface area (Å²) in [5.74, 6) is 0. The lowest BCUT2D eigenvalue weighted by Gasteiger charge is -2.49. The molecular formula is C11H15N3. The van der Waals surface area contributed by atoms with E-state index in [9.17, 15) is 0 Å². The van der Waals surface area contributed by atoms with E-state index >= 15 is 0 Å². The van der Waals surface area contributed by atoms with Crippen LogP contribution in [-0.2, 0) is 0 Å². The van der Waals surface area contributed by atoms with Gasteiger partial charge < -0.3 is 4.90 Å². The number of aromatic nitrogens is 2. The summed E-state index contributed by atoms with van der Waals surface area (Å²) in [7, 11) is 0. The molecule has 1 saturated heterocycles. The lowest BCUT2D eigenvalue weighted by molar-refractivity contribution is 0.221. The Morgan fingerprint density at radius 3 is 2.36 bits per heavy atom. The largest absolute Gasteiger partial charge is 0.368 e. The molecule has 2 heterocycles. The van der Waals surface area contributed by atoms with Gasteiger partial charge in [0, 0.05) is 18.5 Å². The molecule has 0 unspecified atom stereocenters. The Morgan fingerprint density at radius 2 is 1.71 bits per heavy atom. The molecule has 0 amide bonds. The fraction of sp³-hybridized carbons (Fsp3) is 0.636. The van der Waals surface area contributed by atoms with Crippen molar-refractivity contribution in [3.63, 3.8) is 0 Å². The van der Waals surface area contributed by atoms with Crippen molar-refractivity contribution in [2.45, 2.75) is 25.7 Å². The molecule has 0 atom stereocenters. The number of hydrogen-bond donors (Lipinski definition) is 0. The molecule has 74 valence electrons. The van der Waals surface area contributed by atoms with Crippen LogP contribution < -0.4 is 4.90 Å². The predicted octanol–water partition coefficient (Wildman–Crippen LogP) is 1.86. The van der Waals surface area contributed by atoms with Crippen LogP contribution in [0.2, 0.25) is 0 Å². The van der Waals surface area contributed by atoms with E-state index < -0.39 is 0 Å². The molecule has 2 aliphatic rings. The molecule has 1 spiro atoms. The van der Waals surface area contributed by atoms with Crippen LogP contribution in [0.1, 0.15) is 25.7 Å². The molecule has 0 bridgehead atoms. The van der Waals surface area contributed by atoms with E-state index in [4.69, 9.17) is 0 Å². The smallest absolute Gasteiger partial charge is 0.115 e. The molecule has 1 aromatic rings. The quantitative estimate of drug-likeness (QED) is 0.675. The fourth-order valence-electron chi connectivity index (χ4n) is 2.84. The van der Waals surface area contributed by atoms with E-state index in [-0.39, 0.29) is 0 Å². The standard InChI is InChI=1S/C11H15N3/c1-2-4-11(3-1)7-14(8-11)10-5-12-9-13-6-10/h5-6,9H,1-4,7-8H2. The topological polar surface area (TPSA) is 29.0 Å². The Balaban J connectivity index is 1.69. The molecule has 3 heteroatoms. The molecule has 1 aliphatic carbocycles. The minimum atomic E-state index is 0.663. The van der Waals surface area contributed by atoms with Gasteiger partial charge in [-0.1, -0.05) is 12.8 Å². The lowest BCUT2D eigenvalue weighted by Crippen LogP contribution is -2.55. The van der Waals surface area contributed by atoms with Crippen LogP contribution in [0.4, 0.5) is 5.69 Å². The van der Waals surface area contributed by atoms with Gasteiger partial charge >= 0.3 is 0 Å². The summed E-state index contributed by atoms with van der Waals surface area (Å²) >= 11 is 0. The highest BCUT2D eigenvalue weighted by Crippen LogP contribution is 2.46. The van der Waals surface area contributed by atoms with Gasteiger partial charge in [-0.15, -0.1) is 0 Å². The van der Waals surface area contributed by atoms with Crippen molar-refractivity contribution >= 4 is 5.69 Å². The molecule has 3 rings (SSSR count). The van der Waals surface area contributed by atoms with Crippen LogP contribution in [0.25, 0.3) is 0 Å². The second-order valence-electron chi connectivity index (χ2n) is 4.66. The van der Waals surface area contributed by atoms with Gasteiger partial charge in [0.2, 0.25) is 0 Å². The summed E-state index contributed by atoms with van der Waals surface area (Å²) < 4.78 is 0.